The summed E-state index contributed by atoms with van der Waals surface area (Å²) in [4.78, 5) is 15.7. The van der Waals surface area contributed by atoms with E-state index < -0.39 is 5.69 Å². The summed E-state index contributed by atoms with van der Waals surface area (Å²) in [5.41, 5.74) is -3.11. The van der Waals surface area contributed by atoms with E-state index in [1.807, 2.05) is 0 Å². The Bertz CT molecular complexity index is 106. The molecule has 0 radical (unpaired) electrons. The summed E-state index contributed by atoms with van der Waals surface area (Å²) in [7, 11) is 0. The predicted octanol–water partition coefficient (Wildman–Crippen LogP) is 1.35. The second-order valence-electron chi connectivity index (χ2n) is 2.32. The van der Waals surface area contributed by atoms with Crippen molar-refractivity contribution in [2.75, 3.05) is 0 Å². The van der Waals surface area contributed by atoms with Crippen LogP contribution in [-0.4, -0.2) is 37.7 Å². The second-order valence-corrected chi connectivity index (χ2v) is 8.17. The number of hydrogen-bond acceptors (Lipinski definition) is 1. The summed E-state index contributed by atoms with van der Waals surface area (Å²) < 4.78 is 1.44. The minimum absolute atomic E-state index is 0.946. The topological polar surface area (TPSA) is 40.5 Å². The summed E-state index contributed by atoms with van der Waals surface area (Å²) >= 11 is 8.45. The first-order valence-corrected chi connectivity index (χ1v) is 8.33. The standard InChI is InChI=1S/C4H9.Na.H3O2PS2/c1-4(2)3;;1-3(2,4)5/h4H,1H2,2-3H3;;(H3,1,2,4,5). The largest absolute Gasteiger partial charge is 0.338 e. The second kappa shape index (κ2) is 7.56. The zero-order chi connectivity index (χ0) is 8.78. The van der Waals surface area contributed by atoms with Crippen LogP contribution in [-0.2, 0) is 11.8 Å². The van der Waals surface area contributed by atoms with Gasteiger partial charge in [-0.05, 0) is 11.8 Å². The van der Waals surface area contributed by atoms with E-state index in [1.54, 1.807) is 0 Å². The molecule has 6 heteroatoms. The molecule has 2 N–H and O–H groups in total. The van der Waals surface area contributed by atoms with Crippen molar-refractivity contribution in [2.45, 2.75) is 17.5 Å². The maximum atomic E-state index is 7.87. The SMILES string of the molecule is CC(C)[CH2][Na].OP(O)(=S)S. The van der Waals surface area contributed by atoms with Gasteiger partial charge in [-0.1, -0.05) is 12.2 Å². The molecule has 0 heterocycles. The van der Waals surface area contributed by atoms with E-state index in [9.17, 15) is 0 Å². The maximum Gasteiger partial charge on any atom is 0.239 e. The molecule has 2 nitrogen and oxygen atoms in total. The Hall–Kier alpha value is 1.92. The third-order valence-corrected chi connectivity index (χ3v) is 2.45. The molecule has 0 aromatic rings. The molecule has 0 aliphatic rings. The van der Waals surface area contributed by atoms with Crippen LogP contribution in [0.3, 0.4) is 0 Å². The van der Waals surface area contributed by atoms with Gasteiger partial charge in [-0.2, -0.15) is 0 Å². The molecule has 0 aromatic heterocycles. The van der Waals surface area contributed by atoms with Gasteiger partial charge in [0.05, 0.1) is 0 Å². The molecule has 58 valence electrons. The van der Waals surface area contributed by atoms with E-state index in [0.717, 1.165) is 5.92 Å². The fourth-order valence-electron chi connectivity index (χ4n) is 0. The first kappa shape index (κ1) is 14.4. The van der Waals surface area contributed by atoms with Gasteiger partial charge in [-0.15, -0.1) is 0 Å². The van der Waals surface area contributed by atoms with Crippen LogP contribution >= 0.6 is 17.9 Å². The normalized spacial score (nSPS) is 10.8. The van der Waals surface area contributed by atoms with Crippen molar-refractivity contribution in [3.63, 3.8) is 0 Å². The molecule has 0 rings (SSSR count). The summed E-state index contributed by atoms with van der Waals surface area (Å²) in [5.74, 6) is 0.946. The van der Waals surface area contributed by atoms with Crippen molar-refractivity contribution in [2.24, 2.45) is 5.92 Å². The average Bonchev–Trinajstić information content (AvgIpc) is 1.61. The van der Waals surface area contributed by atoms with E-state index in [2.05, 4.69) is 37.9 Å². The third-order valence-electron chi connectivity index (χ3n) is 0.816. The van der Waals surface area contributed by atoms with Crippen molar-refractivity contribution in [1.29, 1.82) is 0 Å². The van der Waals surface area contributed by atoms with Gasteiger partial charge in [0.2, 0.25) is 5.69 Å². The molecule has 0 saturated heterocycles. The number of rotatable bonds is 1. The Morgan fingerprint density at radius 3 is 1.70 bits per heavy atom. The van der Waals surface area contributed by atoms with E-state index >= 15 is 0 Å². The minimum Gasteiger partial charge on any atom is -0.338 e. The summed E-state index contributed by atoms with van der Waals surface area (Å²) in [5, 5.41) is 0. The molecule has 0 aliphatic carbocycles. The van der Waals surface area contributed by atoms with Crippen molar-refractivity contribution in [3.05, 3.63) is 0 Å². The molecule has 0 amide bonds. The van der Waals surface area contributed by atoms with E-state index in [1.165, 1.54) is 31.6 Å². The molecule has 0 saturated carbocycles. The summed E-state index contributed by atoms with van der Waals surface area (Å²) in [6.07, 6.45) is 0. The van der Waals surface area contributed by atoms with Gasteiger partial charge < -0.3 is 9.79 Å². The van der Waals surface area contributed by atoms with E-state index in [-0.39, 0.29) is 0 Å². The van der Waals surface area contributed by atoms with Crippen molar-refractivity contribution < 1.29 is 9.79 Å². The number of hydrogen-bond donors (Lipinski definition) is 3. The van der Waals surface area contributed by atoms with Crippen LogP contribution in [0.5, 0.6) is 0 Å². The molecule has 0 unspecified atom stereocenters. The van der Waals surface area contributed by atoms with Gasteiger partial charge in [0.15, 0.2) is 0 Å². The van der Waals surface area contributed by atoms with Crippen LogP contribution in [0.2, 0.25) is 3.67 Å². The molecular weight excluding hydrogens is 198 g/mol. The zero-order valence-electron chi connectivity index (χ0n) is 6.48. The fraction of sp³-hybridized carbons (Fsp3) is 1.00. The quantitative estimate of drug-likeness (QED) is 0.347. The van der Waals surface area contributed by atoms with E-state index in [0.29, 0.717) is 0 Å². The summed E-state index contributed by atoms with van der Waals surface area (Å²) in [6, 6.07) is 0. The van der Waals surface area contributed by atoms with Crippen molar-refractivity contribution in [1.82, 2.24) is 0 Å². The smallest absolute Gasteiger partial charge is 0.239 e. The molecular formula is C4H12NaO2PS2. The van der Waals surface area contributed by atoms with Crippen LogP contribution in [0.25, 0.3) is 0 Å². The van der Waals surface area contributed by atoms with Crippen LogP contribution in [0, 0.1) is 5.92 Å². The molecule has 0 fully saturated rings. The Kier molecular flexibility index (Phi) is 10.9. The average molecular weight is 210 g/mol. The zero-order valence-corrected chi connectivity index (χ0v) is 11.1. The summed E-state index contributed by atoms with van der Waals surface area (Å²) in [6.45, 7) is 4.51. The first-order valence-electron chi connectivity index (χ1n) is 3.05. The Balaban J connectivity index is 0. The van der Waals surface area contributed by atoms with Crippen LogP contribution in [0.15, 0.2) is 0 Å². The van der Waals surface area contributed by atoms with Crippen molar-refractivity contribution >= 4 is 57.7 Å². The van der Waals surface area contributed by atoms with Gasteiger partial charge in [0.25, 0.3) is 0 Å². The minimum atomic E-state index is -3.11. The van der Waals surface area contributed by atoms with Gasteiger partial charge in [0.1, 0.15) is 0 Å². The Morgan fingerprint density at radius 1 is 1.60 bits per heavy atom. The van der Waals surface area contributed by atoms with Gasteiger partial charge >= 0.3 is 51.4 Å². The van der Waals surface area contributed by atoms with Crippen LogP contribution in [0.1, 0.15) is 13.8 Å². The third kappa shape index (κ3) is 51.4. The molecule has 0 aliphatic heterocycles. The van der Waals surface area contributed by atoms with Crippen molar-refractivity contribution in [3.8, 4) is 0 Å². The van der Waals surface area contributed by atoms with Gasteiger partial charge in [-0.3, -0.25) is 0 Å². The molecule has 0 aromatic carbocycles. The first-order chi connectivity index (χ1) is 4.27. The molecule has 10 heavy (non-hydrogen) atoms. The monoisotopic (exact) mass is 210 g/mol. The Labute approximate surface area is 90.2 Å². The van der Waals surface area contributed by atoms with Crippen LogP contribution < -0.4 is 0 Å². The maximum absolute atomic E-state index is 7.87. The predicted molar refractivity (Wildman–Crippen MR) is 53.1 cm³/mol. The fourth-order valence-corrected chi connectivity index (χ4v) is 0. The molecule has 0 spiro atoms. The molecule has 0 bridgehead atoms. The van der Waals surface area contributed by atoms with E-state index in [4.69, 9.17) is 9.79 Å². The molecule has 0 atom stereocenters. The van der Waals surface area contributed by atoms with Gasteiger partial charge in [-0.25, -0.2) is 0 Å². The van der Waals surface area contributed by atoms with Gasteiger partial charge in [0, 0.05) is 0 Å². The Morgan fingerprint density at radius 2 is 1.70 bits per heavy atom. The number of thiol groups is 1. The van der Waals surface area contributed by atoms with Crippen LogP contribution in [0.4, 0.5) is 0 Å².